The third-order valence-corrected chi connectivity index (χ3v) is 4.93. The Labute approximate surface area is 152 Å². The maximum absolute atomic E-state index is 12.3. The summed E-state index contributed by atoms with van der Waals surface area (Å²) in [6.45, 7) is 4.36. The zero-order chi connectivity index (χ0) is 17.9. The minimum atomic E-state index is -0.176. The lowest BCUT2D eigenvalue weighted by atomic mass is 10.1. The molecule has 0 bridgehead atoms. The van der Waals surface area contributed by atoms with E-state index in [0.717, 1.165) is 25.5 Å². The summed E-state index contributed by atoms with van der Waals surface area (Å²) in [6, 6.07) is 10.4. The van der Waals surface area contributed by atoms with Gasteiger partial charge in [0.15, 0.2) is 6.19 Å². The summed E-state index contributed by atoms with van der Waals surface area (Å²) in [5.74, 6) is 0.950. The van der Waals surface area contributed by atoms with Gasteiger partial charge in [-0.25, -0.2) is 4.68 Å². The quantitative estimate of drug-likeness (QED) is 0.828. The zero-order valence-corrected chi connectivity index (χ0v) is 14.5. The standard InChI is InChI=1S/C18H21N7O/c19-13-24-7-6-15(11-24)17(26)21-18-20-16-12-23(8-9-25(16)22-18)10-14-4-2-1-3-5-14/h1-5,15H,6-12H2,(H,21,22,26)/t15-/m0/s1. The van der Waals surface area contributed by atoms with Crippen LogP contribution in [0, 0.1) is 17.4 Å². The fourth-order valence-corrected chi connectivity index (χ4v) is 3.49. The van der Waals surface area contributed by atoms with Gasteiger partial charge < -0.3 is 4.90 Å². The van der Waals surface area contributed by atoms with E-state index in [1.165, 1.54) is 5.56 Å². The second-order valence-corrected chi connectivity index (χ2v) is 6.79. The van der Waals surface area contributed by atoms with Crippen molar-refractivity contribution in [2.24, 2.45) is 5.92 Å². The first-order valence-electron chi connectivity index (χ1n) is 8.87. The van der Waals surface area contributed by atoms with Crippen LogP contribution in [0.4, 0.5) is 5.95 Å². The topological polar surface area (TPSA) is 90.1 Å². The van der Waals surface area contributed by atoms with Crippen molar-refractivity contribution in [2.75, 3.05) is 25.0 Å². The summed E-state index contributed by atoms with van der Waals surface area (Å²) in [5, 5.41) is 16.1. The number of nitrogens with zero attached hydrogens (tertiary/aromatic N) is 6. The van der Waals surface area contributed by atoms with Gasteiger partial charge in [0.25, 0.3) is 0 Å². The molecule has 1 fully saturated rings. The van der Waals surface area contributed by atoms with Gasteiger partial charge in [0.05, 0.1) is 19.0 Å². The van der Waals surface area contributed by atoms with Crippen molar-refractivity contribution in [3.05, 3.63) is 41.7 Å². The molecular formula is C18H21N7O. The molecule has 0 spiro atoms. The van der Waals surface area contributed by atoms with Gasteiger partial charge in [-0.15, -0.1) is 5.10 Å². The van der Waals surface area contributed by atoms with Crippen molar-refractivity contribution < 1.29 is 4.79 Å². The Morgan fingerprint density at radius 3 is 2.88 bits per heavy atom. The number of carbonyl (C=O) groups excluding carboxylic acids is 1. The molecule has 3 heterocycles. The molecule has 1 aromatic carbocycles. The Morgan fingerprint density at radius 2 is 2.12 bits per heavy atom. The fraction of sp³-hybridized carbons (Fsp3) is 0.444. The molecule has 4 rings (SSSR count). The van der Waals surface area contributed by atoms with Gasteiger partial charge in [0, 0.05) is 26.2 Å². The molecule has 8 nitrogen and oxygen atoms in total. The predicted octanol–water partition coefficient (Wildman–Crippen LogP) is 1.04. The number of rotatable bonds is 4. The summed E-state index contributed by atoms with van der Waals surface area (Å²) in [7, 11) is 0. The fourth-order valence-electron chi connectivity index (χ4n) is 3.49. The number of hydrogen-bond acceptors (Lipinski definition) is 6. The molecule has 1 atom stereocenters. The van der Waals surface area contributed by atoms with Crippen LogP contribution in [0.25, 0.3) is 0 Å². The highest BCUT2D eigenvalue weighted by Crippen LogP contribution is 2.19. The number of benzene rings is 1. The number of nitriles is 1. The molecule has 8 heteroatoms. The lowest BCUT2D eigenvalue weighted by Crippen LogP contribution is -2.33. The maximum Gasteiger partial charge on any atom is 0.249 e. The van der Waals surface area contributed by atoms with Crippen LogP contribution >= 0.6 is 0 Å². The van der Waals surface area contributed by atoms with Crippen molar-refractivity contribution in [3.63, 3.8) is 0 Å². The first-order valence-corrected chi connectivity index (χ1v) is 8.87. The largest absolute Gasteiger partial charge is 0.310 e. The van der Waals surface area contributed by atoms with Crippen LogP contribution in [-0.4, -0.2) is 50.1 Å². The third-order valence-electron chi connectivity index (χ3n) is 4.93. The Morgan fingerprint density at radius 1 is 1.27 bits per heavy atom. The van der Waals surface area contributed by atoms with E-state index in [2.05, 4.69) is 38.6 Å². The molecule has 0 saturated carbocycles. The highest BCUT2D eigenvalue weighted by Gasteiger charge is 2.29. The van der Waals surface area contributed by atoms with E-state index >= 15 is 0 Å². The van der Waals surface area contributed by atoms with Crippen molar-refractivity contribution in [2.45, 2.75) is 26.1 Å². The lowest BCUT2D eigenvalue weighted by molar-refractivity contribution is -0.119. The summed E-state index contributed by atoms with van der Waals surface area (Å²) in [4.78, 5) is 20.8. The van der Waals surface area contributed by atoms with Gasteiger partial charge in [-0.2, -0.15) is 10.2 Å². The molecule has 1 saturated heterocycles. The molecular weight excluding hydrogens is 330 g/mol. The summed E-state index contributed by atoms with van der Waals surface area (Å²) >= 11 is 0. The number of amides is 1. The average Bonchev–Trinajstić information content (AvgIpc) is 3.28. The van der Waals surface area contributed by atoms with Gasteiger partial charge in [-0.05, 0) is 12.0 Å². The Bertz CT molecular complexity index is 826. The summed E-state index contributed by atoms with van der Waals surface area (Å²) < 4.78 is 1.87. The summed E-state index contributed by atoms with van der Waals surface area (Å²) in [6.07, 6.45) is 2.78. The van der Waals surface area contributed by atoms with Gasteiger partial charge in [0.2, 0.25) is 11.9 Å². The predicted molar refractivity (Wildman–Crippen MR) is 94.5 cm³/mol. The molecule has 2 aliphatic rings. The molecule has 26 heavy (non-hydrogen) atoms. The molecule has 1 aromatic heterocycles. The van der Waals surface area contributed by atoms with Crippen LogP contribution < -0.4 is 5.32 Å². The van der Waals surface area contributed by atoms with E-state index < -0.39 is 0 Å². The van der Waals surface area contributed by atoms with Gasteiger partial charge in [-0.3, -0.25) is 15.0 Å². The number of carbonyl (C=O) groups is 1. The highest BCUT2D eigenvalue weighted by molar-refractivity contribution is 5.91. The number of hydrogen-bond donors (Lipinski definition) is 1. The number of likely N-dealkylation sites (tertiary alicyclic amines) is 1. The van der Waals surface area contributed by atoms with Crippen LogP contribution in [0.2, 0.25) is 0 Å². The number of nitrogens with one attached hydrogen (secondary N) is 1. The van der Waals surface area contributed by atoms with Crippen LogP contribution in [0.1, 0.15) is 17.8 Å². The van der Waals surface area contributed by atoms with Crippen molar-refractivity contribution in [1.29, 1.82) is 5.26 Å². The van der Waals surface area contributed by atoms with Crippen LogP contribution in [0.5, 0.6) is 0 Å². The van der Waals surface area contributed by atoms with Gasteiger partial charge >= 0.3 is 0 Å². The smallest absolute Gasteiger partial charge is 0.249 e. The SMILES string of the molecule is N#CN1CC[C@H](C(=O)Nc2nc3n(n2)CCN(Cc2ccccc2)C3)C1. The molecule has 0 unspecified atom stereocenters. The van der Waals surface area contributed by atoms with E-state index in [1.54, 1.807) is 4.90 Å². The average molecular weight is 351 g/mol. The molecule has 0 aliphatic carbocycles. The molecule has 134 valence electrons. The first kappa shape index (κ1) is 16.5. The Balaban J connectivity index is 1.37. The first-order chi connectivity index (χ1) is 12.7. The molecule has 1 N–H and O–H groups in total. The Kier molecular flexibility index (Phi) is 4.54. The van der Waals surface area contributed by atoms with E-state index in [4.69, 9.17) is 5.26 Å². The van der Waals surface area contributed by atoms with Gasteiger partial charge in [0.1, 0.15) is 5.82 Å². The van der Waals surface area contributed by atoms with E-state index in [9.17, 15) is 4.79 Å². The Hall–Kier alpha value is -2.92. The van der Waals surface area contributed by atoms with Crippen LogP contribution in [0.15, 0.2) is 30.3 Å². The number of fused-ring (bicyclic) bond motifs is 1. The van der Waals surface area contributed by atoms with Crippen molar-refractivity contribution in [3.8, 4) is 6.19 Å². The molecule has 0 radical (unpaired) electrons. The number of anilines is 1. The second-order valence-electron chi connectivity index (χ2n) is 6.79. The molecule has 2 aromatic rings. The normalized spacial score (nSPS) is 19.8. The van der Waals surface area contributed by atoms with E-state index in [0.29, 0.717) is 32.0 Å². The third kappa shape index (κ3) is 3.53. The van der Waals surface area contributed by atoms with Crippen LogP contribution in [-0.2, 0) is 24.4 Å². The monoisotopic (exact) mass is 351 g/mol. The van der Waals surface area contributed by atoms with Crippen molar-refractivity contribution >= 4 is 11.9 Å². The lowest BCUT2D eigenvalue weighted by Gasteiger charge is -2.26. The molecule has 2 aliphatic heterocycles. The van der Waals surface area contributed by atoms with Crippen molar-refractivity contribution in [1.82, 2.24) is 24.6 Å². The second kappa shape index (κ2) is 7.14. The van der Waals surface area contributed by atoms with Crippen LogP contribution in [0.3, 0.4) is 0 Å². The minimum Gasteiger partial charge on any atom is -0.310 e. The summed E-state index contributed by atoms with van der Waals surface area (Å²) in [5.41, 5.74) is 1.28. The highest BCUT2D eigenvalue weighted by atomic mass is 16.2. The zero-order valence-electron chi connectivity index (χ0n) is 14.5. The van der Waals surface area contributed by atoms with Gasteiger partial charge in [-0.1, -0.05) is 30.3 Å². The van der Waals surface area contributed by atoms with E-state index in [1.807, 2.05) is 22.9 Å². The maximum atomic E-state index is 12.3. The van der Waals surface area contributed by atoms with E-state index in [-0.39, 0.29) is 11.8 Å². The molecule has 1 amide bonds. The minimum absolute atomic E-state index is 0.105. The number of aromatic nitrogens is 3.